The van der Waals surface area contributed by atoms with Gasteiger partial charge in [-0.05, 0) is 30.7 Å². The average Bonchev–Trinajstić information content (AvgIpc) is 2.57. The summed E-state index contributed by atoms with van der Waals surface area (Å²) in [7, 11) is 0. The standard InChI is InChI=1S/C19H15N3O/c1-13-7-8-17-15(9-13)10-16-18(21-17)22(12-20-19(16)23)11-14-5-3-2-4-6-14/h2-10,12H,11H2,1H3. The van der Waals surface area contributed by atoms with Gasteiger partial charge in [-0.25, -0.2) is 4.98 Å². The second-order valence-electron chi connectivity index (χ2n) is 5.72. The van der Waals surface area contributed by atoms with Crippen LogP contribution >= 0.6 is 0 Å². The van der Waals surface area contributed by atoms with Gasteiger partial charge in [-0.3, -0.25) is 4.79 Å². The number of fused-ring (bicyclic) bond motifs is 2. The van der Waals surface area contributed by atoms with Gasteiger partial charge in [0.25, 0.3) is 5.56 Å². The van der Waals surface area contributed by atoms with Crippen molar-refractivity contribution in [2.45, 2.75) is 13.5 Å². The Morgan fingerprint density at radius 1 is 1.04 bits per heavy atom. The van der Waals surface area contributed by atoms with Gasteiger partial charge >= 0.3 is 0 Å². The first-order valence-corrected chi connectivity index (χ1v) is 7.51. The Hall–Kier alpha value is -3.01. The molecule has 0 fully saturated rings. The van der Waals surface area contributed by atoms with E-state index in [1.165, 1.54) is 0 Å². The predicted octanol–water partition coefficient (Wildman–Crippen LogP) is 3.30. The van der Waals surface area contributed by atoms with E-state index >= 15 is 0 Å². The van der Waals surface area contributed by atoms with Crippen molar-refractivity contribution < 1.29 is 0 Å². The van der Waals surface area contributed by atoms with Gasteiger partial charge in [0.1, 0.15) is 12.0 Å². The van der Waals surface area contributed by atoms with Crippen molar-refractivity contribution in [1.29, 1.82) is 0 Å². The molecule has 0 saturated heterocycles. The number of hydrogen-bond donors (Lipinski definition) is 0. The van der Waals surface area contributed by atoms with E-state index in [1.54, 1.807) is 6.33 Å². The van der Waals surface area contributed by atoms with Crippen molar-refractivity contribution >= 4 is 21.9 Å². The Morgan fingerprint density at radius 2 is 1.87 bits per heavy atom. The molecule has 2 aromatic carbocycles. The molecule has 0 saturated carbocycles. The molecule has 4 heteroatoms. The van der Waals surface area contributed by atoms with Gasteiger partial charge in [0.15, 0.2) is 0 Å². The Kier molecular flexibility index (Phi) is 3.15. The molecule has 2 aromatic heterocycles. The number of hydrogen-bond acceptors (Lipinski definition) is 3. The molecule has 112 valence electrons. The predicted molar refractivity (Wildman–Crippen MR) is 91.6 cm³/mol. The van der Waals surface area contributed by atoms with Crippen LogP contribution in [-0.2, 0) is 6.54 Å². The first-order chi connectivity index (χ1) is 11.2. The van der Waals surface area contributed by atoms with Crippen LogP contribution in [0, 0.1) is 6.92 Å². The van der Waals surface area contributed by atoms with E-state index in [2.05, 4.69) is 4.98 Å². The third kappa shape index (κ3) is 2.48. The van der Waals surface area contributed by atoms with Crippen LogP contribution in [0.15, 0.2) is 65.7 Å². The maximum absolute atomic E-state index is 12.1. The van der Waals surface area contributed by atoms with E-state index in [4.69, 9.17) is 4.98 Å². The summed E-state index contributed by atoms with van der Waals surface area (Å²) < 4.78 is 1.92. The van der Waals surface area contributed by atoms with Crippen LogP contribution in [0.25, 0.3) is 21.9 Å². The van der Waals surface area contributed by atoms with Crippen LogP contribution in [0.5, 0.6) is 0 Å². The Labute approximate surface area is 133 Å². The van der Waals surface area contributed by atoms with E-state index in [1.807, 2.05) is 66.1 Å². The zero-order valence-electron chi connectivity index (χ0n) is 12.7. The fourth-order valence-corrected chi connectivity index (χ4v) is 2.80. The number of benzene rings is 2. The van der Waals surface area contributed by atoms with Crippen molar-refractivity contribution in [3.8, 4) is 0 Å². The minimum atomic E-state index is -0.236. The van der Waals surface area contributed by atoms with Crippen molar-refractivity contribution in [2.24, 2.45) is 0 Å². The minimum absolute atomic E-state index is 0.236. The minimum Gasteiger partial charge on any atom is -0.312 e. The zero-order valence-corrected chi connectivity index (χ0v) is 12.7. The maximum atomic E-state index is 12.1. The summed E-state index contributed by atoms with van der Waals surface area (Å²) in [6.07, 6.45) is 1.57. The molecule has 0 unspecified atom stereocenters. The quantitative estimate of drug-likeness (QED) is 0.534. The lowest BCUT2D eigenvalue weighted by Crippen LogP contribution is -2.14. The number of nitrogens with zero attached hydrogens (tertiary/aromatic N) is 3. The lowest BCUT2D eigenvalue weighted by atomic mass is 10.1. The first-order valence-electron chi connectivity index (χ1n) is 7.51. The highest BCUT2D eigenvalue weighted by Crippen LogP contribution is 2.19. The maximum Gasteiger partial charge on any atom is 0.282 e. The molecule has 0 aliphatic rings. The van der Waals surface area contributed by atoms with Crippen molar-refractivity contribution in [3.05, 3.63) is 82.4 Å². The van der Waals surface area contributed by atoms with Gasteiger partial charge in [-0.2, -0.15) is 4.98 Å². The Morgan fingerprint density at radius 3 is 2.70 bits per heavy atom. The summed E-state index contributed by atoms with van der Waals surface area (Å²) in [6.45, 7) is 2.66. The van der Waals surface area contributed by atoms with Crippen LogP contribution in [-0.4, -0.2) is 14.5 Å². The van der Waals surface area contributed by atoms with Gasteiger partial charge in [0.2, 0.25) is 0 Å². The summed E-state index contributed by atoms with van der Waals surface area (Å²) in [6, 6.07) is 18.0. The van der Waals surface area contributed by atoms with Crippen LogP contribution in [0.1, 0.15) is 11.1 Å². The molecule has 0 amide bonds. The molecule has 0 aliphatic heterocycles. The SMILES string of the molecule is Cc1ccc2nc3c(cc2c1)c(=O)ncn3Cc1ccccc1. The van der Waals surface area contributed by atoms with Gasteiger partial charge in [-0.15, -0.1) is 0 Å². The molecule has 4 nitrogen and oxygen atoms in total. The molecule has 0 spiro atoms. The highest BCUT2D eigenvalue weighted by Gasteiger charge is 2.08. The van der Waals surface area contributed by atoms with Gasteiger partial charge < -0.3 is 4.57 Å². The van der Waals surface area contributed by atoms with Crippen molar-refractivity contribution in [3.63, 3.8) is 0 Å². The number of aryl methyl sites for hydroxylation is 1. The second kappa shape index (κ2) is 5.32. The van der Waals surface area contributed by atoms with Gasteiger partial charge in [0, 0.05) is 5.39 Å². The molecular weight excluding hydrogens is 286 g/mol. The topological polar surface area (TPSA) is 47.8 Å². The lowest BCUT2D eigenvalue weighted by Gasteiger charge is -2.10. The monoisotopic (exact) mass is 301 g/mol. The lowest BCUT2D eigenvalue weighted by molar-refractivity contribution is 0.788. The van der Waals surface area contributed by atoms with Gasteiger partial charge in [-0.1, -0.05) is 42.0 Å². The molecule has 0 N–H and O–H groups in total. The summed E-state index contributed by atoms with van der Waals surface area (Å²) in [5.41, 5.74) is 3.61. The third-order valence-electron chi connectivity index (χ3n) is 3.96. The summed E-state index contributed by atoms with van der Waals surface area (Å²) in [4.78, 5) is 20.8. The molecular formula is C19H15N3O. The highest BCUT2D eigenvalue weighted by molar-refractivity contribution is 5.91. The molecule has 2 heterocycles. The highest BCUT2D eigenvalue weighted by atomic mass is 16.1. The van der Waals surface area contributed by atoms with Crippen LogP contribution in [0.2, 0.25) is 0 Å². The summed E-state index contributed by atoms with van der Waals surface area (Å²) >= 11 is 0. The number of rotatable bonds is 2. The van der Waals surface area contributed by atoms with Crippen molar-refractivity contribution in [1.82, 2.24) is 14.5 Å². The van der Waals surface area contributed by atoms with E-state index in [0.717, 1.165) is 22.0 Å². The van der Waals surface area contributed by atoms with Crippen LogP contribution < -0.4 is 5.56 Å². The molecule has 0 aliphatic carbocycles. The second-order valence-corrected chi connectivity index (χ2v) is 5.72. The first kappa shape index (κ1) is 13.6. The molecule has 4 aromatic rings. The van der Waals surface area contributed by atoms with E-state index in [0.29, 0.717) is 17.6 Å². The fraction of sp³-hybridized carbons (Fsp3) is 0.105. The van der Waals surface area contributed by atoms with E-state index < -0.39 is 0 Å². The fourth-order valence-electron chi connectivity index (χ4n) is 2.80. The summed E-state index contributed by atoms with van der Waals surface area (Å²) in [5.74, 6) is 0. The van der Waals surface area contributed by atoms with E-state index in [-0.39, 0.29) is 5.56 Å². The smallest absolute Gasteiger partial charge is 0.282 e. The number of pyridine rings is 1. The average molecular weight is 301 g/mol. The largest absolute Gasteiger partial charge is 0.312 e. The summed E-state index contributed by atoms with van der Waals surface area (Å²) in [5, 5.41) is 1.52. The van der Waals surface area contributed by atoms with Gasteiger partial charge in [0.05, 0.1) is 17.4 Å². The normalized spacial score (nSPS) is 11.2. The van der Waals surface area contributed by atoms with Crippen LogP contribution in [0.4, 0.5) is 0 Å². The molecule has 23 heavy (non-hydrogen) atoms. The molecule has 0 bridgehead atoms. The Bertz CT molecular complexity index is 1070. The zero-order chi connectivity index (χ0) is 15.8. The molecule has 0 radical (unpaired) electrons. The van der Waals surface area contributed by atoms with E-state index in [9.17, 15) is 4.79 Å². The van der Waals surface area contributed by atoms with Crippen molar-refractivity contribution in [2.75, 3.05) is 0 Å². The number of aromatic nitrogens is 3. The van der Waals surface area contributed by atoms with Crippen LogP contribution in [0.3, 0.4) is 0 Å². The molecule has 4 rings (SSSR count). The molecule has 0 atom stereocenters. The Balaban J connectivity index is 1.96. The third-order valence-corrected chi connectivity index (χ3v) is 3.96.